The molecule has 1 atom stereocenters. The molecule has 0 heterocycles. The Bertz CT molecular complexity index is 502. The summed E-state index contributed by atoms with van der Waals surface area (Å²) in [7, 11) is -3.52. The van der Waals surface area contributed by atoms with Crippen molar-refractivity contribution in [2.45, 2.75) is 37.6 Å². The standard InChI is InChI=1S/C12H18BrNO3S/c1-3-10(6-7-15)14-18(16,17)11-5-4-9(2)12(13)8-11/h4-5,8,10,14-15H,3,6-7H2,1-2H3. The van der Waals surface area contributed by atoms with E-state index in [-0.39, 0.29) is 17.5 Å². The molecule has 0 saturated carbocycles. The Morgan fingerprint density at radius 3 is 2.61 bits per heavy atom. The second-order valence-electron chi connectivity index (χ2n) is 4.15. The van der Waals surface area contributed by atoms with Crippen LogP contribution in [0.15, 0.2) is 27.6 Å². The normalized spacial score (nSPS) is 13.6. The second kappa shape index (κ2) is 6.65. The largest absolute Gasteiger partial charge is 0.396 e. The van der Waals surface area contributed by atoms with Crippen molar-refractivity contribution in [3.63, 3.8) is 0 Å². The highest BCUT2D eigenvalue weighted by molar-refractivity contribution is 9.10. The summed E-state index contributed by atoms with van der Waals surface area (Å²) in [5, 5.41) is 8.87. The molecular formula is C12H18BrNO3S. The van der Waals surface area contributed by atoms with Crippen LogP contribution in [0.4, 0.5) is 0 Å². The first-order valence-electron chi connectivity index (χ1n) is 5.80. The molecular weight excluding hydrogens is 318 g/mol. The lowest BCUT2D eigenvalue weighted by Crippen LogP contribution is -2.35. The topological polar surface area (TPSA) is 66.4 Å². The molecule has 1 aromatic rings. The van der Waals surface area contributed by atoms with Crippen molar-refractivity contribution in [1.82, 2.24) is 4.72 Å². The van der Waals surface area contributed by atoms with E-state index in [0.717, 1.165) is 10.0 Å². The minimum atomic E-state index is -3.52. The fourth-order valence-electron chi connectivity index (χ4n) is 1.53. The minimum absolute atomic E-state index is 0.0291. The molecule has 0 spiro atoms. The molecule has 2 N–H and O–H groups in total. The van der Waals surface area contributed by atoms with Gasteiger partial charge in [0.25, 0.3) is 0 Å². The Labute approximate surface area is 117 Å². The third-order valence-electron chi connectivity index (χ3n) is 2.75. The fourth-order valence-corrected chi connectivity index (χ4v) is 3.44. The molecule has 0 bridgehead atoms. The van der Waals surface area contributed by atoms with Crippen LogP contribution >= 0.6 is 15.9 Å². The third-order valence-corrected chi connectivity index (χ3v) is 5.12. The maximum atomic E-state index is 12.1. The van der Waals surface area contributed by atoms with E-state index >= 15 is 0 Å². The van der Waals surface area contributed by atoms with Crippen LogP contribution in [0.3, 0.4) is 0 Å². The predicted octanol–water partition coefficient (Wildman–Crippen LogP) is 2.20. The average molecular weight is 336 g/mol. The second-order valence-corrected chi connectivity index (χ2v) is 6.72. The summed E-state index contributed by atoms with van der Waals surface area (Å²) in [5.74, 6) is 0. The Kier molecular flexibility index (Phi) is 5.78. The molecule has 0 aromatic heterocycles. The maximum Gasteiger partial charge on any atom is 0.240 e. The van der Waals surface area contributed by atoms with E-state index in [4.69, 9.17) is 5.11 Å². The van der Waals surface area contributed by atoms with Gasteiger partial charge in [-0.15, -0.1) is 0 Å². The van der Waals surface area contributed by atoms with E-state index in [2.05, 4.69) is 20.7 Å². The van der Waals surface area contributed by atoms with E-state index in [1.807, 2.05) is 13.8 Å². The van der Waals surface area contributed by atoms with Gasteiger partial charge in [-0.3, -0.25) is 0 Å². The lowest BCUT2D eigenvalue weighted by molar-refractivity contribution is 0.270. The van der Waals surface area contributed by atoms with E-state index < -0.39 is 10.0 Å². The predicted molar refractivity (Wildman–Crippen MR) is 75.0 cm³/mol. The van der Waals surface area contributed by atoms with Gasteiger partial charge in [0.1, 0.15) is 0 Å². The van der Waals surface area contributed by atoms with Crippen molar-refractivity contribution in [2.24, 2.45) is 0 Å². The molecule has 1 unspecified atom stereocenters. The van der Waals surface area contributed by atoms with Gasteiger partial charge < -0.3 is 5.11 Å². The van der Waals surface area contributed by atoms with Crippen molar-refractivity contribution >= 4 is 26.0 Å². The molecule has 0 saturated heterocycles. The third kappa shape index (κ3) is 4.05. The van der Waals surface area contributed by atoms with Crippen LogP contribution in [0.5, 0.6) is 0 Å². The van der Waals surface area contributed by atoms with Gasteiger partial charge in [0.05, 0.1) is 4.90 Å². The summed E-state index contributed by atoms with van der Waals surface area (Å²) in [6.45, 7) is 3.75. The monoisotopic (exact) mass is 335 g/mol. The summed E-state index contributed by atoms with van der Waals surface area (Å²) in [6, 6.07) is 4.68. The smallest absolute Gasteiger partial charge is 0.240 e. The zero-order valence-corrected chi connectivity index (χ0v) is 12.9. The molecule has 4 nitrogen and oxygen atoms in total. The molecule has 18 heavy (non-hydrogen) atoms. The van der Waals surface area contributed by atoms with Crippen LogP contribution in [0.1, 0.15) is 25.3 Å². The molecule has 0 aliphatic rings. The Morgan fingerprint density at radius 2 is 2.11 bits per heavy atom. The van der Waals surface area contributed by atoms with Crippen LogP contribution in [-0.2, 0) is 10.0 Å². The van der Waals surface area contributed by atoms with Crippen LogP contribution in [-0.4, -0.2) is 26.2 Å². The van der Waals surface area contributed by atoms with Gasteiger partial charge in [-0.2, -0.15) is 0 Å². The van der Waals surface area contributed by atoms with E-state index in [1.54, 1.807) is 18.2 Å². The van der Waals surface area contributed by atoms with Gasteiger partial charge in [0.15, 0.2) is 0 Å². The molecule has 0 aliphatic carbocycles. The number of benzene rings is 1. The van der Waals surface area contributed by atoms with Gasteiger partial charge in [0.2, 0.25) is 10.0 Å². The molecule has 0 fully saturated rings. The van der Waals surface area contributed by atoms with Gasteiger partial charge in [0, 0.05) is 17.1 Å². The molecule has 0 radical (unpaired) electrons. The van der Waals surface area contributed by atoms with Gasteiger partial charge >= 0.3 is 0 Å². The molecule has 1 aromatic carbocycles. The molecule has 102 valence electrons. The number of aliphatic hydroxyl groups excluding tert-OH is 1. The van der Waals surface area contributed by atoms with E-state index in [9.17, 15) is 8.42 Å². The highest BCUT2D eigenvalue weighted by Crippen LogP contribution is 2.21. The van der Waals surface area contributed by atoms with Crippen LogP contribution in [0.25, 0.3) is 0 Å². The average Bonchev–Trinajstić information content (AvgIpc) is 2.31. The van der Waals surface area contributed by atoms with Gasteiger partial charge in [-0.1, -0.05) is 28.9 Å². The molecule has 0 aliphatic heterocycles. The van der Waals surface area contributed by atoms with Crippen LogP contribution in [0.2, 0.25) is 0 Å². The first-order valence-corrected chi connectivity index (χ1v) is 8.07. The van der Waals surface area contributed by atoms with Crippen molar-refractivity contribution in [2.75, 3.05) is 6.61 Å². The molecule has 6 heteroatoms. The Balaban J connectivity index is 2.95. The highest BCUT2D eigenvalue weighted by atomic mass is 79.9. The first kappa shape index (κ1) is 15.6. The number of hydrogen-bond donors (Lipinski definition) is 2. The lowest BCUT2D eigenvalue weighted by atomic mass is 10.2. The SMILES string of the molecule is CCC(CCO)NS(=O)(=O)c1ccc(C)c(Br)c1. The van der Waals surface area contributed by atoms with E-state index in [1.165, 1.54) is 0 Å². The summed E-state index contributed by atoms with van der Waals surface area (Å²) in [4.78, 5) is 0.233. The summed E-state index contributed by atoms with van der Waals surface area (Å²) < 4.78 is 27.6. The van der Waals surface area contributed by atoms with Crippen molar-refractivity contribution in [1.29, 1.82) is 0 Å². The maximum absolute atomic E-state index is 12.1. The molecule has 1 rings (SSSR count). The van der Waals surface area contributed by atoms with Crippen molar-refractivity contribution in [3.8, 4) is 0 Å². The van der Waals surface area contributed by atoms with Crippen molar-refractivity contribution < 1.29 is 13.5 Å². The van der Waals surface area contributed by atoms with Crippen molar-refractivity contribution in [3.05, 3.63) is 28.2 Å². The number of sulfonamides is 1. The fraction of sp³-hybridized carbons (Fsp3) is 0.500. The van der Waals surface area contributed by atoms with Crippen LogP contribution in [0, 0.1) is 6.92 Å². The van der Waals surface area contributed by atoms with Crippen LogP contribution < -0.4 is 4.72 Å². The summed E-state index contributed by atoms with van der Waals surface area (Å²) >= 11 is 3.32. The number of nitrogens with one attached hydrogen (secondary N) is 1. The number of hydrogen-bond acceptors (Lipinski definition) is 3. The zero-order valence-electron chi connectivity index (χ0n) is 10.5. The number of aryl methyl sites for hydroxylation is 1. The zero-order chi connectivity index (χ0) is 13.8. The molecule has 0 amide bonds. The van der Waals surface area contributed by atoms with Gasteiger partial charge in [-0.25, -0.2) is 13.1 Å². The highest BCUT2D eigenvalue weighted by Gasteiger charge is 2.19. The summed E-state index contributed by atoms with van der Waals surface area (Å²) in [5.41, 5.74) is 0.983. The number of halogens is 1. The number of rotatable bonds is 6. The minimum Gasteiger partial charge on any atom is -0.396 e. The first-order chi connectivity index (χ1) is 8.40. The van der Waals surface area contributed by atoms with E-state index in [0.29, 0.717) is 12.8 Å². The summed E-state index contributed by atoms with van der Waals surface area (Å²) in [6.07, 6.45) is 1.07. The Hall–Kier alpha value is -0.430. The Morgan fingerprint density at radius 1 is 1.44 bits per heavy atom. The van der Waals surface area contributed by atoms with Gasteiger partial charge in [-0.05, 0) is 37.5 Å². The lowest BCUT2D eigenvalue weighted by Gasteiger charge is -2.16. The number of aliphatic hydroxyl groups is 1. The quantitative estimate of drug-likeness (QED) is 0.837.